The highest BCUT2D eigenvalue weighted by Crippen LogP contribution is 2.45. The third-order valence-corrected chi connectivity index (χ3v) is 1.94. The highest BCUT2D eigenvalue weighted by Gasteiger charge is 2.60. The molecule has 0 N–H and O–H groups in total. The van der Waals surface area contributed by atoms with Gasteiger partial charge in [0.25, 0.3) is 5.92 Å². The lowest BCUT2D eigenvalue weighted by Crippen LogP contribution is -2.37. The Bertz CT molecular complexity index is 248. The number of carbonyl (C=O) groups excluding carboxylic acids is 1. The molecule has 1 saturated carbocycles. The van der Waals surface area contributed by atoms with Crippen molar-refractivity contribution in [1.29, 1.82) is 0 Å². The van der Waals surface area contributed by atoms with Crippen LogP contribution >= 0.6 is 0 Å². The van der Waals surface area contributed by atoms with Crippen molar-refractivity contribution in [2.75, 3.05) is 7.05 Å². The minimum absolute atomic E-state index is 0.261. The lowest BCUT2D eigenvalue weighted by Gasteiger charge is -2.24. The maximum absolute atomic E-state index is 12.6. The van der Waals surface area contributed by atoms with Gasteiger partial charge in [0.2, 0.25) is 0 Å². The van der Waals surface area contributed by atoms with E-state index in [1.807, 2.05) is 0 Å². The molecule has 0 aliphatic heterocycles. The highest BCUT2D eigenvalue weighted by molar-refractivity contribution is 5.69. The number of rotatable bonds is 1. The SMILES string of the molecule is CN(C(=O)OC(C)(C)C)[C@@H]1CC1(F)F. The summed E-state index contributed by atoms with van der Waals surface area (Å²) in [5.41, 5.74) is -0.643. The lowest BCUT2D eigenvalue weighted by molar-refractivity contribution is 0.0156. The molecule has 1 aliphatic carbocycles. The molecular formula is C9H15F2NO2. The maximum Gasteiger partial charge on any atom is 0.410 e. The van der Waals surface area contributed by atoms with Crippen molar-refractivity contribution < 1.29 is 18.3 Å². The van der Waals surface area contributed by atoms with Gasteiger partial charge in [-0.1, -0.05) is 0 Å². The van der Waals surface area contributed by atoms with Crippen molar-refractivity contribution in [3.63, 3.8) is 0 Å². The van der Waals surface area contributed by atoms with Crippen LogP contribution in [0, 0.1) is 0 Å². The minimum Gasteiger partial charge on any atom is -0.444 e. The Hall–Kier alpha value is -0.870. The van der Waals surface area contributed by atoms with Crippen LogP contribution in [0.1, 0.15) is 27.2 Å². The smallest absolute Gasteiger partial charge is 0.410 e. The molecule has 0 radical (unpaired) electrons. The molecule has 5 heteroatoms. The van der Waals surface area contributed by atoms with Crippen LogP contribution < -0.4 is 0 Å². The van der Waals surface area contributed by atoms with Gasteiger partial charge in [0, 0.05) is 13.5 Å². The molecule has 0 heterocycles. The predicted molar refractivity (Wildman–Crippen MR) is 47.3 cm³/mol. The fraction of sp³-hybridized carbons (Fsp3) is 0.889. The molecule has 14 heavy (non-hydrogen) atoms. The van der Waals surface area contributed by atoms with Crippen LogP contribution in [0.2, 0.25) is 0 Å². The Balaban J connectivity index is 2.47. The van der Waals surface area contributed by atoms with Crippen molar-refractivity contribution in [1.82, 2.24) is 4.90 Å². The van der Waals surface area contributed by atoms with Gasteiger partial charge < -0.3 is 9.64 Å². The average molecular weight is 207 g/mol. The molecule has 1 fully saturated rings. The number of amides is 1. The summed E-state index contributed by atoms with van der Waals surface area (Å²) >= 11 is 0. The molecule has 1 aliphatic rings. The third kappa shape index (κ3) is 2.56. The minimum atomic E-state index is -2.73. The zero-order chi connectivity index (χ0) is 11.1. The van der Waals surface area contributed by atoms with E-state index in [0.717, 1.165) is 4.90 Å². The van der Waals surface area contributed by atoms with Gasteiger partial charge >= 0.3 is 6.09 Å². The zero-order valence-corrected chi connectivity index (χ0v) is 8.80. The fourth-order valence-electron chi connectivity index (χ4n) is 1.08. The van der Waals surface area contributed by atoms with Crippen molar-refractivity contribution >= 4 is 6.09 Å². The molecule has 0 spiro atoms. The van der Waals surface area contributed by atoms with Crippen molar-refractivity contribution in [2.24, 2.45) is 0 Å². The summed E-state index contributed by atoms with van der Waals surface area (Å²) in [4.78, 5) is 12.3. The van der Waals surface area contributed by atoms with E-state index in [1.54, 1.807) is 20.8 Å². The zero-order valence-electron chi connectivity index (χ0n) is 8.80. The van der Waals surface area contributed by atoms with Gasteiger partial charge in [0.1, 0.15) is 11.6 Å². The summed E-state index contributed by atoms with van der Waals surface area (Å²) in [6.45, 7) is 5.09. The molecule has 0 bridgehead atoms. The van der Waals surface area contributed by atoms with Crippen molar-refractivity contribution in [3.8, 4) is 0 Å². The quantitative estimate of drug-likeness (QED) is 0.660. The Morgan fingerprint density at radius 1 is 1.50 bits per heavy atom. The van der Waals surface area contributed by atoms with Crippen LogP contribution in [0.15, 0.2) is 0 Å². The highest BCUT2D eigenvalue weighted by atomic mass is 19.3. The number of nitrogens with zero attached hydrogens (tertiary/aromatic N) is 1. The number of hydrogen-bond acceptors (Lipinski definition) is 2. The Kier molecular flexibility index (Phi) is 2.46. The second-order valence-corrected chi connectivity index (χ2v) is 4.57. The first kappa shape index (κ1) is 11.2. The van der Waals surface area contributed by atoms with E-state index in [1.165, 1.54) is 7.05 Å². The van der Waals surface area contributed by atoms with Crippen LogP contribution in [0.25, 0.3) is 0 Å². The fourth-order valence-corrected chi connectivity index (χ4v) is 1.08. The molecule has 1 atom stereocenters. The van der Waals surface area contributed by atoms with E-state index in [0.29, 0.717) is 0 Å². The summed E-state index contributed by atoms with van der Waals surface area (Å²) < 4.78 is 30.1. The number of alkyl halides is 2. The molecule has 3 nitrogen and oxygen atoms in total. The number of hydrogen-bond donors (Lipinski definition) is 0. The van der Waals surface area contributed by atoms with Crippen molar-refractivity contribution in [2.45, 2.75) is 44.8 Å². The topological polar surface area (TPSA) is 29.5 Å². The molecule has 0 saturated heterocycles. The van der Waals surface area contributed by atoms with E-state index >= 15 is 0 Å². The monoisotopic (exact) mass is 207 g/mol. The standard InChI is InChI=1S/C9H15F2NO2/c1-8(2,3)14-7(13)12(4)6-5-9(6,10)11/h6H,5H2,1-4H3/t6-/m1/s1. The van der Waals surface area contributed by atoms with E-state index in [4.69, 9.17) is 4.74 Å². The molecule has 1 amide bonds. The molecule has 82 valence electrons. The molecule has 0 unspecified atom stereocenters. The van der Waals surface area contributed by atoms with E-state index in [-0.39, 0.29) is 6.42 Å². The summed E-state index contributed by atoms with van der Waals surface area (Å²) in [7, 11) is 1.33. The van der Waals surface area contributed by atoms with Gasteiger partial charge in [0.05, 0.1) is 0 Å². The third-order valence-electron chi connectivity index (χ3n) is 1.94. The molecule has 1 rings (SSSR count). The Morgan fingerprint density at radius 3 is 2.21 bits per heavy atom. The summed E-state index contributed by atoms with van der Waals surface area (Å²) in [5.74, 6) is -2.73. The van der Waals surface area contributed by atoms with Crippen LogP contribution in [0.4, 0.5) is 13.6 Å². The van der Waals surface area contributed by atoms with Crippen molar-refractivity contribution in [3.05, 3.63) is 0 Å². The van der Waals surface area contributed by atoms with Gasteiger partial charge in [-0.2, -0.15) is 0 Å². The first-order chi connectivity index (χ1) is 6.13. The molecular weight excluding hydrogens is 192 g/mol. The number of carbonyl (C=O) groups is 1. The molecule has 0 aromatic heterocycles. The lowest BCUT2D eigenvalue weighted by atomic mass is 10.2. The van der Waals surface area contributed by atoms with E-state index in [9.17, 15) is 13.6 Å². The van der Waals surface area contributed by atoms with Crippen LogP contribution in [0.5, 0.6) is 0 Å². The largest absolute Gasteiger partial charge is 0.444 e. The van der Waals surface area contributed by atoms with Gasteiger partial charge in [-0.15, -0.1) is 0 Å². The Labute approximate surface area is 82.0 Å². The van der Waals surface area contributed by atoms with Crippen LogP contribution in [-0.4, -0.2) is 35.6 Å². The number of ether oxygens (including phenoxy) is 1. The maximum atomic E-state index is 12.6. The second-order valence-electron chi connectivity index (χ2n) is 4.57. The van der Waals surface area contributed by atoms with Gasteiger partial charge in [-0.05, 0) is 20.8 Å². The second kappa shape index (κ2) is 3.07. The summed E-state index contributed by atoms with van der Waals surface area (Å²) in [6.07, 6.45) is -0.956. The summed E-state index contributed by atoms with van der Waals surface area (Å²) in [6, 6.07) is -0.989. The van der Waals surface area contributed by atoms with Crippen LogP contribution in [0.3, 0.4) is 0 Å². The van der Waals surface area contributed by atoms with E-state index < -0.39 is 23.7 Å². The number of halogens is 2. The Morgan fingerprint density at radius 2 is 1.93 bits per heavy atom. The molecule has 0 aromatic rings. The van der Waals surface area contributed by atoms with Gasteiger partial charge in [-0.25, -0.2) is 13.6 Å². The predicted octanol–water partition coefficient (Wildman–Crippen LogP) is 2.26. The summed E-state index contributed by atoms with van der Waals surface area (Å²) in [5, 5.41) is 0. The van der Waals surface area contributed by atoms with E-state index in [2.05, 4.69) is 0 Å². The van der Waals surface area contributed by atoms with Gasteiger partial charge in [-0.3, -0.25) is 0 Å². The average Bonchev–Trinajstić information content (AvgIpc) is 2.54. The first-order valence-electron chi connectivity index (χ1n) is 4.47. The van der Waals surface area contributed by atoms with Crippen LogP contribution in [-0.2, 0) is 4.74 Å². The normalized spacial score (nSPS) is 24.3. The van der Waals surface area contributed by atoms with Gasteiger partial charge in [0.15, 0.2) is 0 Å². The molecule has 0 aromatic carbocycles. The first-order valence-corrected chi connectivity index (χ1v) is 4.47.